The Balaban J connectivity index is 1.67. The van der Waals surface area contributed by atoms with Gasteiger partial charge in [0.1, 0.15) is 11.1 Å². The molecule has 0 saturated heterocycles. The maximum Gasteiger partial charge on any atom is 0.240 e. The van der Waals surface area contributed by atoms with Crippen LogP contribution in [-0.2, 0) is 11.2 Å². The molecular formula is C20H19ClFN5OS. The van der Waals surface area contributed by atoms with Crippen LogP contribution in [-0.4, -0.2) is 26.0 Å². The molecule has 29 heavy (non-hydrogen) atoms. The van der Waals surface area contributed by atoms with Gasteiger partial charge >= 0.3 is 0 Å². The number of benzene rings is 2. The van der Waals surface area contributed by atoms with Gasteiger partial charge in [0.25, 0.3) is 0 Å². The predicted octanol–water partition coefficient (Wildman–Crippen LogP) is 4.42. The van der Waals surface area contributed by atoms with Crippen molar-refractivity contribution in [3.05, 3.63) is 70.8 Å². The SMILES string of the molecule is CCCc1nnc2n1NC(c1ccc(F)cc1)C(C(=O)Nc1ccccc1Cl)S2. The molecule has 9 heteroatoms. The maximum absolute atomic E-state index is 13.5. The Morgan fingerprint density at radius 3 is 2.72 bits per heavy atom. The number of amides is 1. The van der Waals surface area contributed by atoms with Gasteiger partial charge in [0, 0.05) is 6.42 Å². The zero-order valence-corrected chi connectivity index (χ0v) is 17.2. The highest BCUT2D eigenvalue weighted by molar-refractivity contribution is 8.00. The lowest BCUT2D eigenvalue weighted by Gasteiger charge is -2.33. The lowest BCUT2D eigenvalue weighted by Crippen LogP contribution is -2.41. The summed E-state index contributed by atoms with van der Waals surface area (Å²) in [6.45, 7) is 2.06. The van der Waals surface area contributed by atoms with E-state index in [-0.39, 0.29) is 11.7 Å². The van der Waals surface area contributed by atoms with Gasteiger partial charge in [0.05, 0.1) is 16.8 Å². The van der Waals surface area contributed by atoms with Gasteiger partial charge in [0.15, 0.2) is 5.82 Å². The van der Waals surface area contributed by atoms with E-state index >= 15 is 0 Å². The zero-order valence-electron chi connectivity index (χ0n) is 15.6. The van der Waals surface area contributed by atoms with Crippen molar-refractivity contribution in [1.29, 1.82) is 0 Å². The normalized spacial score (nSPS) is 18.0. The molecule has 0 fully saturated rings. The van der Waals surface area contributed by atoms with Crippen molar-refractivity contribution in [3.8, 4) is 0 Å². The van der Waals surface area contributed by atoms with E-state index in [4.69, 9.17) is 11.6 Å². The Labute approximate surface area is 176 Å². The number of hydrogen-bond acceptors (Lipinski definition) is 5. The standard InChI is InChI=1S/C20H19ClFN5OS/c1-2-5-16-24-25-20-27(16)26-17(12-8-10-13(22)11-9-12)18(29-20)19(28)23-15-7-4-3-6-14(15)21/h3-4,6-11,17-18,26H,2,5H2,1H3,(H,23,28). The summed E-state index contributed by atoms with van der Waals surface area (Å²) in [5.74, 6) is 0.245. The monoisotopic (exact) mass is 431 g/mol. The molecule has 1 aliphatic heterocycles. The third-order valence-electron chi connectivity index (χ3n) is 4.60. The van der Waals surface area contributed by atoms with Crippen LogP contribution in [0.1, 0.15) is 30.8 Å². The number of aryl methyl sites for hydroxylation is 1. The number of nitrogens with zero attached hydrogens (tertiary/aromatic N) is 3. The molecule has 1 amide bonds. The van der Waals surface area contributed by atoms with Crippen molar-refractivity contribution in [2.75, 3.05) is 10.7 Å². The number of aromatic nitrogens is 3. The second-order valence-corrected chi connectivity index (χ2v) is 8.17. The third kappa shape index (κ3) is 4.09. The molecule has 150 valence electrons. The second-order valence-electron chi connectivity index (χ2n) is 6.65. The van der Waals surface area contributed by atoms with Gasteiger partial charge in [0.2, 0.25) is 11.1 Å². The second kappa shape index (κ2) is 8.42. The molecule has 4 rings (SSSR count). The minimum Gasteiger partial charge on any atom is -0.324 e. The molecule has 2 atom stereocenters. The minimum absolute atomic E-state index is 0.226. The fraction of sp³-hybridized carbons (Fsp3) is 0.250. The number of thioether (sulfide) groups is 1. The van der Waals surface area contributed by atoms with E-state index in [9.17, 15) is 9.18 Å². The van der Waals surface area contributed by atoms with Crippen LogP contribution in [0.25, 0.3) is 0 Å². The van der Waals surface area contributed by atoms with Crippen molar-refractivity contribution < 1.29 is 9.18 Å². The molecular weight excluding hydrogens is 413 g/mol. The first-order chi connectivity index (χ1) is 14.1. The molecule has 1 aromatic heterocycles. The molecule has 2 unspecified atom stereocenters. The molecule has 2 aromatic carbocycles. The third-order valence-corrected chi connectivity index (χ3v) is 6.14. The summed E-state index contributed by atoms with van der Waals surface area (Å²) in [5, 5.41) is 11.9. The average Bonchev–Trinajstić information content (AvgIpc) is 3.11. The van der Waals surface area contributed by atoms with Crippen LogP contribution in [0, 0.1) is 5.82 Å². The molecule has 0 bridgehead atoms. The summed E-state index contributed by atoms with van der Waals surface area (Å²) in [4.78, 5) is 13.2. The lowest BCUT2D eigenvalue weighted by molar-refractivity contribution is -0.116. The highest BCUT2D eigenvalue weighted by Crippen LogP contribution is 2.38. The molecule has 1 aliphatic rings. The zero-order chi connectivity index (χ0) is 20.4. The van der Waals surface area contributed by atoms with E-state index in [2.05, 4.69) is 27.9 Å². The van der Waals surface area contributed by atoms with E-state index in [1.165, 1.54) is 23.9 Å². The molecule has 0 saturated carbocycles. The van der Waals surface area contributed by atoms with E-state index in [0.717, 1.165) is 24.2 Å². The van der Waals surface area contributed by atoms with Crippen LogP contribution in [0.2, 0.25) is 5.02 Å². The molecule has 0 aliphatic carbocycles. The summed E-state index contributed by atoms with van der Waals surface area (Å²) in [7, 11) is 0. The highest BCUT2D eigenvalue weighted by Gasteiger charge is 2.37. The molecule has 6 nitrogen and oxygen atoms in total. The van der Waals surface area contributed by atoms with Crippen molar-refractivity contribution in [1.82, 2.24) is 14.9 Å². The van der Waals surface area contributed by atoms with Gasteiger partial charge in [-0.25, -0.2) is 9.07 Å². The fourth-order valence-corrected chi connectivity index (χ4v) is 4.45. The maximum atomic E-state index is 13.5. The fourth-order valence-electron chi connectivity index (χ4n) is 3.17. The number of nitrogens with one attached hydrogen (secondary N) is 2. The molecule has 3 aromatic rings. The van der Waals surface area contributed by atoms with Gasteiger partial charge in [-0.2, -0.15) is 0 Å². The average molecular weight is 432 g/mol. The van der Waals surface area contributed by atoms with E-state index in [1.54, 1.807) is 36.4 Å². The van der Waals surface area contributed by atoms with Gasteiger partial charge in [-0.05, 0) is 36.2 Å². The highest BCUT2D eigenvalue weighted by atomic mass is 35.5. The van der Waals surface area contributed by atoms with Crippen LogP contribution < -0.4 is 10.7 Å². The van der Waals surface area contributed by atoms with E-state index < -0.39 is 11.3 Å². The van der Waals surface area contributed by atoms with Crippen molar-refractivity contribution >= 4 is 35.0 Å². The van der Waals surface area contributed by atoms with Crippen molar-refractivity contribution in [3.63, 3.8) is 0 Å². The summed E-state index contributed by atoms with van der Waals surface area (Å²) >= 11 is 7.51. The molecule has 2 heterocycles. The Morgan fingerprint density at radius 1 is 1.24 bits per heavy atom. The topological polar surface area (TPSA) is 71.8 Å². The first kappa shape index (κ1) is 19.7. The first-order valence-corrected chi connectivity index (χ1v) is 10.5. The van der Waals surface area contributed by atoms with Gasteiger partial charge in [-0.1, -0.05) is 54.6 Å². The Bertz CT molecular complexity index is 1030. The van der Waals surface area contributed by atoms with Gasteiger partial charge < -0.3 is 10.7 Å². The Kier molecular flexibility index (Phi) is 5.73. The van der Waals surface area contributed by atoms with Crippen LogP contribution in [0.4, 0.5) is 10.1 Å². The first-order valence-electron chi connectivity index (χ1n) is 9.25. The van der Waals surface area contributed by atoms with Crippen LogP contribution in [0.3, 0.4) is 0 Å². The number of halogens is 2. The molecule has 0 radical (unpaired) electrons. The van der Waals surface area contributed by atoms with Crippen molar-refractivity contribution in [2.45, 2.75) is 36.2 Å². The number of hydrogen-bond donors (Lipinski definition) is 2. The van der Waals surface area contributed by atoms with Crippen LogP contribution in [0.5, 0.6) is 0 Å². The number of para-hydroxylation sites is 1. The number of anilines is 1. The summed E-state index contributed by atoms with van der Waals surface area (Å²) in [5.41, 5.74) is 4.68. The quantitative estimate of drug-likeness (QED) is 0.625. The van der Waals surface area contributed by atoms with E-state index in [1.807, 2.05) is 4.68 Å². The van der Waals surface area contributed by atoms with Crippen LogP contribution in [0.15, 0.2) is 53.7 Å². The predicted molar refractivity (Wildman–Crippen MR) is 112 cm³/mol. The van der Waals surface area contributed by atoms with E-state index in [0.29, 0.717) is 15.9 Å². The number of rotatable bonds is 5. The summed E-state index contributed by atoms with van der Waals surface area (Å²) < 4.78 is 15.3. The van der Waals surface area contributed by atoms with Gasteiger partial charge in [-0.15, -0.1) is 10.2 Å². The van der Waals surface area contributed by atoms with Crippen LogP contribution >= 0.6 is 23.4 Å². The Hall–Kier alpha value is -2.58. The smallest absolute Gasteiger partial charge is 0.240 e. The molecule has 2 N–H and O–H groups in total. The number of fused-ring (bicyclic) bond motifs is 1. The number of carbonyl (C=O) groups is 1. The lowest BCUT2D eigenvalue weighted by atomic mass is 10.0. The van der Waals surface area contributed by atoms with Gasteiger partial charge in [-0.3, -0.25) is 4.79 Å². The van der Waals surface area contributed by atoms with Crippen molar-refractivity contribution in [2.24, 2.45) is 0 Å². The number of carbonyl (C=O) groups excluding carboxylic acids is 1. The largest absolute Gasteiger partial charge is 0.324 e. The minimum atomic E-state index is -0.553. The summed E-state index contributed by atoms with van der Waals surface area (Å²) in [6.07, 6.45) is 1.68. The molecule has 0 spiro atoms. The summed E-state index contributed by atoms with van der Waals surface area (Å²) in [6, 6.07) is 12.8. The Morgan fingerprint density at radius 2 is 2.00 bits per heavy atom.